The van der Waals surface area contributed by atoms with Crippen LogP contribution in [0, 0.1) is 0 Å². The molecular weight excluding hydrogens is 464 g/mol. The van der Waals surface area contributed by atoms with Gasteiger partial charge >= 0.3 is 6.09 Å². The minimum absolute atomic E-state index is 0.187. The zero-order chi connectivity index (χ0) is 24.6. The molecule has 0 radical (unpaired) electrons. The smallest absolute Gasteiger partial charge is 0.410 e. The minimum Gasteiger partial charge on any atom is -0.508 e. The van der Waals surface area contributed by atoms with Crippen molar-refractivity contribution in [3.05, 3.63) is 41.3 Å². The number of aromatic nitrogens is 2. The molecule has 0 unspecified atom stereocenters. The van der Waals surface area contributed by atoms with Crippen LogP contribution >= 0.6 is 11.3 Å². The first-order chi connectivity index (χ1) is 16.8. The third-order valence-electron chi connectivity index (χ3n) is 5.95. The summed E-state index contributed by atoms with van der Waals surface area (Å²) in [4.78, 5) is 27.4. The summed E-state index contributed by atoms with van der Waals surface area (Å²) in [6.07, 6.45) is 2.59. The molecule has 2 aliphatic heterocycles. The number of aromatic hydroxyl groups is 1. The van der Waals surface area contributed by atoms with E-state index >= 15 is 0 Å². The number of morpholine rings is 1. The molecule has 0 saturated carbocycles. The molecular formula is C26H30N4O4S. The molecule has 1 N–H and O–H groups in total. The molecule has 3 aromatic rings. The van der Waals surface area contributed by atoms with E-state index in [1.807, 2.05) is 26.8 Å². The van der Waals surface area contributed by atoms with Gasteiger partial charge < -0.3 is 24.4 Å². The number of nitrogens with zero attached hydrogens (tertiary/aromatic N) is 4. The van der Waals surface area contributed by atoms with Crippen molar-refractivity contribution in [1.82, 2.24) is 14.9 Å². The van der Waals surface area contributed by atoms with Crippen molar-refractivity contribution in [2.45, 2.75) is 32.8 Å². The van der Waals surface area contributed by atoms with E-state index in [1.165, 1.54) is 5.57 Å². The fraction of sp³-hybridized carbons (Fsp3) is 0.423. The first kappa shape index (κ1) is 23.6. The molecule has 1 saturated heterocycles. The van der Waals surface area contributed by atoms with Crippen molar-refractivity contribution >= 4 is 39.0 Å². The standard InChI is InChI=1S/C26H30N4O4S/c1-26(2,3)34-25(32)30-9-7-17(8-10-30)21-16-20-22(35-21)24(29-11-13-33-14-12-29)28-23(27-20)18-5-4-6-19(31)15-18/h4-7,15-16,31H,8-14H2,1-3H3. The van der Waals surface area contributed by atoms with Crippen molar-refractivity contribution < 1.29 is 19.4 Å². The SMILES string of the molecule is CC(C)(C)OC(=O)N1CC=C(c2cc3nc(-c4cccc(O)c4)nc(N4CCOCC4)c3s2)CC1. The summed E-state index contributed by atoms with van der Waals surface area (Å²) in [6.45, 7) is 9.65. The number of rotatable bonds is 3. The number of thiophene rings is 1. The van der Waals surface area contributed by atoms with Gasteiger partial charge in [0.05, 0.1) is 23.4 Å². The second kappa shape index (κ2) is 9.47. The van der Waals surface area contributed by atoms with Gasteiger partial charge in [-0.1, -0.05) is 18.2 Å². The topological polar surface area (TPSA) is 88.0 Å². The van der Waals surface area contributed by atoms with Gasteiger partial charge in [0.25, 0.3) is 0 Å². The van der Waals surface area contributed by atoms with Crippen LogP contribution in [0.1, 0.15) is 32.1 Å². The van der Waals surface area contributed by atoms with Crippen LogP contribution in [-0.2, 0) is 9.47 Å². The van der Waals surface area contributed by atoms with Gasteiger partial charge in [-0.25, -0.2) is 14.8 Å². The van der Waals surface area contributed by atoms with Crippen LogP contribution in [0.25, 0.3) is 27.2 Å². The van der Waals surface area contributed by atoms with Gasteiger partial charge in [0.1, 0.15) is 11.4 Å². The van der Waals surface area contributed by atoms with Crippen LogP contribution in [0.15, 0.2) is 36.4 Å². The average Bonchev–Trinajstić information content (AvgIpc) is 3.27. The Morgan fingerprint density at radius 3 is 2.63 bits per heavy atom. The van der Waals surface area contributed by atoms with Gasteiger partial charge in [-0.3, -0.25) is 0 Å². The maximum Gasteiger partial charge on any atom is 0.410 e. The summed E-state index contributed by atoms with van der Waals surface area (Å²) in [5.41, 5.74) is 2.36. The van der Waals surface area contributed by atoms with Gasteiger partial charge in [-0.2, -0.15) is 0 Å². The van der Waals surface area contributed by atoms with Crippen LogP contribution in [0.3, 0.4) is 0 Å². The zero-order valence-electron chi connectivity index (χ0n) is 20.3. The second-order valence-corrected chi connectivity index (χ2v) is 10.8. The van der Waals surface area contributed by atoms with Crippen molar-refractivity contribution in [2.75, 3.05) is 44.3 Å². The summed E-state index contributed by atoms with van der Waals surface area (Å²) in [6, 6.07) is 9.16. The summed E-state index contributed by atoms with van der Waals surface area (Å²) < 4.78 is 12.1. The van der Waals surface area contributed by atoms with E-state index < -0.39 is 5.60 Å². The highest BCUT2D eigenvalue weighted by molar-refractivity contribution is 7.20. The Kier molecular flexibility index (Phi) is 6.37. The maximum atomic E-state index is 12.4. The summed E-state index contributed by atoms with van der Waals surface area (Å²) in [5, 5.41) is 9.98. The third kappa shape index (κ3) is 5.26. The monoisotopic (exact) mass is 494 g/mol. The number of phenolic OH excluding ortho intramolecular Hbond substituents is 1. The van der Waals surface area contributed by atoms with Crippen LogP contribution in [0.5, 0.6) is 5.75 Å². The molecule has 0 atom stereocenters. The average molecular weight is 495 g/mol. The molecule has 1 aromatic carbocycles. The van der Waals surface area contributed by atoms with E-state index in [0.29, 0.717) is 32.1 Å². The molecule has 9 heteroatoms. The van der Waals surface area contributed by atoms with Gasteiger partial charge in [-0.05, 0) is 51.0 Å². The number of hydrogen-bond donors (Lipinski definition) is 1. The summed E-state index contributed by atoms with van der Waals surface area (Å²) in [5.74, 6) is 1.68. The fourth-order valence-corrected chi connectivity index (χ4v) is 5.40. The van der Waals surface area contributed by atoms with Crippen LogP contribution in [-0.4, -0.2) is 71.1 Å². The molecule has 1 amide bonds. The Hall–Kier alpha value is -3.17. The number of anilines is 1. The Bertz CT molecular complexity index is 1270. The number of carbonyl (C=O) groups excluding carboxylic acids is 1. The lowest BCUT2D eigenvalue weighted by molar-refractivity contribution is 0.0270. The summed E-state index contributed by atoms with van der Waals surface area (Å²) >= 11 is 1.69. The summed E-state index contributed by atoms with van der Waals surface area (Å²) in [7, 11) is 0. The number of phenols is 1. The molecule has 0 aliphatic carbocycles. The molecule has 1 fully saturated rings. The van der Waals surface area contributed by atoms with Gasteiger partial charge in [0.2, 0.25) is 0 Å². The predicted molar refractivity (Wildman–Crippen MR) is 138 cm³/mol. The Labute approximate surface area is 208 Å². The van der Waals surface area contributed by atoms with Crippen molar-refractivity contribution in [1.29, 1.82) is 0 Å². The lowest BCUT2D eigenvalue weighted by atomic mass is 10.1. The van der Waals surface area contributed by atoms with Crippen LogP contribution < -0.4 is 4.90 Å². The predicted octanol–water partition coefficient (Wildman–Crippen LogP) is 4.92. The Morgan fingerprint density at radius 2 is 1.94 bits per heavy atom. The van der Waals surface area contributed by atoms with Crippen molar-refractivity contribution in [2.24, 2.45) is 0 Å². The molecule has 0 spiro atoms. The Balaban J connectivity index is 1.48. The molecule has 0 bridgehead atoms. The van der Waals surface area contributed by atoms with Crippen LogP contribution in [0.2, 0.25) is 0 Å². The lowest BCUT2D eigenvalue weighted by Crippen LogP contribution is -2.39. The minimum atomic E-state index is -0.506. The third-order valence-corrected chi connectivity index (χ3v) is 7.14. The number of ether oxygens (including phenoxy) is 2. The normalized spacial score (nSPS) is 16.9. The molecule has 35 heavy (non-hydrogen) atoms. The van der Waals surface area contributed by atoms with E-state index in [2.05, 4.69) is 17.0 Å². The van der Waals surface area contributed by atoms with Gasteiger partial charge in [0.15, 0.2) is 11.6 Å². The van der Waals surface area contributed by atoms with Gasteiger partial charge in [-0.15, -0.1) is 11.3 Å². The van der Waals surface area contributed by atoms with Crippen molar-refractivity contribution in [3.63, 3.8) is 0 Å². The van der Waals surface area contributed by atoms with Crippen molar-refractivity contribution in [3.8, 4) is 17.1 Å². The highest BCUT2D eigenvalue weighted by Gasteiger charge is 2.26. The first-order valence-corrected chi connectivity index (χ1v) is 12.7. The van der Waals surface area contributed by atoms with E-state index in [4.69, 9.17) is 19.4 Å². The van der Waals surface area contributed by atoms with E-state index in [-0.39, 0.29) is 11.8 Å². The lowest BCUT2D eigenvalue weighted by Gasteiger charge is -2.29. The van der Waals surface area contributed by atoms with E-state index in [9.17, 15) is 9.90 Å². The Morgan fingerprint density at radius 1 is 1.14 bits per heavy atom. The zero-order valence-corrected chi connectivity index (χ0v) is 21.1. The largest absolute Gasteiger partial charge is 0.508 e. The fourth-order valence-electron chi connectivity index (χ4n) is 4.22. The quantitative estimate of drug-likeness (QED) is 0.553. The highest BCUT2D eigenvalue weighted by Crippen LogP contribution is 2.38. The molecule has 8 nitrogen and oxygen atoms in total. The molecule has 2 aliphatic rings. The number of carbonyl (C=O) groups is 1. The van der Waals surface area contributed by atoms with E-state index in [0.717, 1.165) is 46.0 Å². The van der Waals surface area contributed by atoms with Crippen LogP contribution in [0.4, 0.5) is 10.6 Å². The number of benzene rings is 1. The van der Waals surface area contributed by atoms with Gasteiger partial charge in [0, 0.05) is 36.6 Å². The molecule has 5 rings (SSSR count). The number of fused-ring (bicyclic) bond motifs is 1. The van der Waals surface area contributed by atoms with E-state index in [1.54, 1.807) is 34.4 Å². The number of hydrogen-bond acceptors (Lipinski definition) is 8. The first-order valence-electron chi connectivity index (χ1n) is 11.9. The molecule has 184 valence electrons. The maximum absolute atomic E-state index is 12.4. The molecule has 4 heterocycles. The number of amides is 1. The molecule has 2 aromatic heterocycles. The second-order valence-electron chi connectivity index (χ2n) is 9.75. The highest BCUT2D eigenvalue weighted by atomic mass is 32.1.